The molecule has 3 N–H and O–H groups in total. The maximum atomic E-state index is 13.8. The van der Waals surface area contributed by atoms with Gasteiger partial charge in [0.05, 0.1) is 12.7 Å². The predicted octanol–water partition coefficient (Wildman–Crippen LogP) is 3.56. The van der Waals surface area contributed by atoms with Crippen molar-refractivity contribution in [1.29, 1.82) is 10.8 Å². The van der Waals surface area contributed by atoms with E-state index in [1.54, 1.807) is 13.8 Å². The number of nitrogens with one attached hydrogen (secondary N) is 3. The Morgan fingerprint density at radius 2 is 1.89 bits per heavy atom. The number of rotatable bonds is 5. The highest BCUT2D eigenvalue weighted by molar-refractivity contribution is 6.28. The first-order valence-electron chi connectivity index (χ1n) is 7.97. The number of aromatic nitrogens is 2. The van der Waals surface area contributed by atoms with E-state index in [0.29, 0.717) is 28.1 Å². The van der Waals surface area contributed by atoms with Gasteiger partial charge in [-0.1, -0.05) is 0 Å². The lowest BCUT2D eigenvalue weighted by Crippen LogP contribution is -2.06. The van der Waals surface area contributed by atoms with Gasteiger partial charge in [-0.15, -0.1) is 0 Å². The van der Waals surface area contributed by atoms with Gasteiger partial charge in [0, 0.05) is 12.3 Å². The Morgan fingerprint density at radius 3 is 2.48 bits per heavy atom. The van der Waals surface area contributed by atoms with Gasteiger partial charge >= 0.3 is 0 Å². The molecular formula is C18H17F2N5O2. The van der Waals surface area contributed by atoms with Crippen molar-refractivity contribution in [1.82, 2.24) is 9.97 Å². The Morgan fingerprint density at radius 1 is 1.22 bits per heavy atom. The van der Waals surface area contributed by atoms with Crippen LogP contribution in [0.5, 0.6) is 11.5 Å². The van der Waals surface area contributed by atoms with Gasteiger partial charge in [-0.25, -0.2) is 18.7 Å². The predicted molar refractivity (Wildman–Crippen MR) is 96.6 cm³/mol. The van der Waals surface area contributed by atoms with Crippen molar-refractivity contribution in [2.45, 2.75) is 20.4 Å². The molecule has 0 saturated heterocycles. The third kappa shape index (κ3) is 3.35. The lowest BCUT2D eigenvalue weighted by atomic mass is 10.0. The van der Waals surface area contributed by atoms with Crippen molar-refractivity contribution in [3.05, 3.63) is 46.9 Å². The first-order valence-corrected chi connectivity index (χ1v) is 7.97. The molecule has 27 heavy (non-hydrogen) atoms. The number of halogens is 2. The van der Waals surface area contributed by atoms with Crippen molar-refractivity contribution in [3.8, 4) is 11.5 Å². The number of ether oxygens (including phenoxy) is 2. The molecule has 1 aromatic heterocycles. The highest BCUT2D eigenvalue weighted by atomic mass is 19.1. The zero-order valence-corrected chi connectivity index (χ0v) is 14.9. The van der Waals surface area contributed by atoms with Gasteiger partial charge in [-0.05, 0) is 37.1 Å². The summed E-state index contributed by atoms with van der Waals surface area (Å²) >= 11 is 0. The average molecular weight is 373 g/mol. The Labute approximate surface area is 154 Å². The topological polar surface area (TPSA) is 104 Å². The average Bonchev–Trinajstić information content (AvgIpc) is 2.95. The third-order valence-corrected chi connectivity index (χ3v) is 4.13. The molecule has 0 atom stereocenters. The van der Waals surface area contributed by atoms with Crippen molar-refractivity contribution >= 4 is 23.0 Å². The second kappa shape index (κ2) is 7.10. The Hall–Kier alpha value is -3.36. The highest BCUT2D eigenvalue weighted by Crippen LogP contribution is 2.39. The molecule has 0 saturated carbocycles. The summed E-state index contributed by atoms with van der Waals surface area (Å²) in [5.74, 6) is -1.64. The zero-order valence-electron chi connectivity index (χ0n) is 14.9. The molecule has 1 aromatic carbocycles. The minimum Gasteiger partial charge on any atom is -0.491 e. The molecule has 1 aliphatic heterocycles. The van der Waals surface area contributed by atoms with E-state index < -0.39 is 17.4 Å². The van der Waals surface area contributed by atoms with Crippen LogP contribution in [0.25, 0.3) is 5.57 Å². The highest BCUT2D eigenvalue weighted by Gasteiger charge is 2.31. The second-order valence-corrected chi connectivity index (χ2v) is 5.90. The molecule has 0 unspecified atom stereocenters. The zero-order chi connectivity index (χ0) is 19.7. The van der Waals surface area contributed by atoms with Crippen molar-refractivity contribution < 1.29 is 18.3 Å². The van der Waals surface area contributed by atoms with Crippen LogP contribution in [0.15, 0.2) is 24.0 Å². The molecule has 0 spiro atoms. The molecular weight excluding hydrogens is 356 g/mol. The van der Waals surface area contributed by atoms with Gasteiger partial charge in [-0.3, -0.25) is 5.41 Å². The number of methoxy groups -OCH3 is 1. The van der Waals surface area contributed by atoms with Gasteiger partial charge in [0.25, 0.3) is 0 Å². The fourth-order valence-electron chi connectivity index (χ4n) is 2.67. The Balaban J connectivity index is 1.90. The molecule has 0 aliphatic carbocycles. The monoisotopic (exact) mass is 373 g/mol. The minimum atomic E-state index is -0.803. The fourth-order valence-corrected chi connectivity index (χ4v) is 2.67. The third-order valence-electron chi connectivity index (χ3n) is 4.13. The van der Waals surface area contributed by atoms with Crippen LogP contribution in [0, 0.1) is 22.5 Å². The van der Waals surface area contributed by atoms with Crippen molar-refractivity contribution in [3.63, 3.8) is 0 Å². The number of nitrogens with zero attached hydrogens (tertiary/aromatic N) is 2. The quantitative estimate of drug-likeness (QED) is 0.695. The molecule has 0 amide bonds. The summed E-state index contributed by atoms with van der Waals surface area (Å²) in [4.78, 5) is 8.24. The normalized spacial score (nSPS) is 14.5. The van der Waals surface area contributed by atoms with E-state index in [4.69, 9.17) is 15.6 Å². The Bertz CT molecular complexity index is 965. The summed E-state index contributed by atoms with van der Waals surface area (Å²) in [7, 11) is 1.19. The van der Waals surface area contributed by atoms with Crippen LogP contribution in [-0.2, 0) is 6.54 Å². The summed E-state index contributed by atoms with van der Waals surface area (Å²) < 4.78 is 37.8. The number of anilines is 1. The van der Waals surface area contributed by atoms with Crippen LogP contribution in [-0.4, -0.2) is 28.7 Å². The summed E-state index contributed by atoms with van der Waals surface area (Å²) in [6.45, 7) is 3.39. The molecule has 9 heteroatoms. The van der Waals surface area contributed by atoms with Gasteiger partial charge < -0.3 is 20.2 Å². The van der Waals surface area contributed by atoms with E-state index in [2.05, 4.69) is 20.0 Å². The molecule has 1 aliphatic rings. The summed E-state index contributed by atoms with van der Waals surface area (Å²) in [6, 6.07) is 2.32. The van der Waals surface area contributed by atoms with Crippen LogP contribution in [0.2, 0.25) is 0 Å². The number of allylic oxidation sites excluding steroid dienone is 1. The molecule has 3 rings (SSSR count). The van der Waals surface area contributed by atoms with Crippen molar-refractivity contribution in [2.75, 3.05) is 12.4 Å². The van der Waals surface area contributed by atoms with E-state index in [9.17, 15) is 8.78 Å². The molecule has 2 aromatic rings. The van der Waals surface area contributed by atoms with E-state index >= 15 is 0 Å². The first kappa shape index (κ1) is 18.4. The molecule has 2 heterocycles. The molecule has 140 valence electrons. The molecule has 0 fully saturated rings. The van der Waals surface area contributed by atoms with Crippen LogP contribution in [0.3, 0.4) is 0 Å². The van der Waals surface area contributed by atoms with E-state index in [1.165, 1.54) is 13.4 Å². The maximum absolute atomic E-state index is 13.8. The second-order valence-electron chi connectivity index (χ2n) is 5.90. The standard InChI is InChI=1S/C18H17F2N5O2/c1-8(9(2)21)13-14-16(27-17(13)22)18(25-7-24-14)23-6-10-4-11(19)15(26-3)12(20)5-10/h4-5,7,21-22H,6H2,1-3H3,(H,23,24,25)/b13-8-,21-9?,22-17?. The SMILES string of the molecule is COc1c(F)cc(CNc2ncnc3c2OC(=N)/C3=C(/C)C(C)=N)cc1F. The number of benzene rings is 1. The van der Waals surface area contributed by atoms with Gasteiger partial charge in [0.2, 0.25) is 5.90 Å². The van der Waals surface area contributed by atoms with Crippen LogP contribution in [0.4, 0.5) is 14.6 Å². The van der Waals surface area contributed by atoms with Gasteiger partial charge in [0.15, 0.2) is 29.0 Å². The van der Waals surface area contributed by atoms with Gasteiger partial charge in [-0.2, -0.15) is 0 Å². The van der Waals surface area contributed by atoms with Crippen LogP contribution < -0.4 is 14.8 Å². The summed E-state index contributed by atoms with van der Waals surface area (Å²) in [5, 5.41) is 18.7. The minimum absolute atomic E-state index is 0.0691. The largest absolute Gasteiger partial charge is 0.491 e. The van der Waals surface area contributed by atoms with Crippen LogP contribution in [0.1, 0.15) is 25.1 Å². The van der Waals surface area contributed by atoms with E-state index in [1.807, 2.05) is 0 Å². The van der Waals surface area contributed by atoms with Crippen molar-refractivity contribution in [2.24, 2.45) is 0 Å². The van der Waals surface area contributed by atoms with E-state index in [0.717, 1.165) is 12.1 Å². The molecule has 0 radical (unpaired) electrons. The number of hydrogen-bond acceptors (Lipinski definition) is 7. The molecule has 0 bridgehead atoms. The lowest BCUT2D eigenvalue weighted by Gasteiger charge is -2.10. The van der Waals surface area contributed by atoms with Crippen LogP contribution >= 0.6 is 0 Å². The van der Waals surface area contributed by atoms with Gasteiger partial charge in [0.1, 0.15) is 12.0 Å². The number of fused-ring (bicyclic) bond motifs is 1. The lowest BCUT2D eigenvalue weighted by molar-refractivity contribution is 0.359. The number of hydrogen-bond donors (Lipinski definition) is 3. The first-order chi connectivity index (χ1) is 12.8. The molecule has 7 nitrogen and oxygen atoms in total. The Kier molecular flexibility index (Phi) is 4.85. The maximum Gasteiger partial charge on any atom is 0.222 e. The summed E-state index contributed by atoms with van der Waals surface area (Å²) in [5.41, 5.74) is 2.03. The summed E-state index contributed by atoms with van der Waals surface area (Å²) in [6.07, 6.45) is 1.30. The smallest absolute Gasteiger partial charge is 0.222 e. The van der Waals surface area contributed by atoms with E-state index in [-0.39, 0.29) is 24.0 Å². The fraction of sp³-hybridized carbons (Fsp3) is 0.222.